The zero-order chi connectivity index (χ0) is 24.9. The predicted molar refractivity (Wildman–Crippen MR) is 133 cm³/mol. The van der Waals surface area contributed by atoms with Gasteiger partial charge in [0.1, 0.15) is 12.6 Å². The van der Waals surface area contributed by atoms with Crippen molar-refractivity contribution in [2.75, 3.05) is 38.9 Å². The molecule has 1 unspecified atom stereocenters. The average molecular weight is 477 g/mol. The normalized spacial score (nSPS) is 11.9. The van der Waals surface area contributed by atoms with E-state index in [2.05, 4.69) is 35.8 Å². The van der Waals surface area contributed by atoms with Gasteiger partial charge in [-0.15, -0.1) is 0 Å². The Morgan fingerprint density at radius 3 is 2.26 bits per heavy atom. The standard InChI is InChI=1S/C24H28N8O3/c1-14-10-19(34-4)20(35-5)11-17(14)27-23-25-13-26-24(29-23)28-21-12-18(30-31-21)15-6-8-16(9-7-15)22(33)32(2)3/h6-13,22,33H,1-5H3,(H3,25,26,27,28,29,30,31). The van der Waals surface area contributed by atoms with Crippen LogP contribution in [-0.4, -0.2) is 63.5 Å². The van der Waals surface area contributed by atoms with Crippen molar-refractivity contribution in [1.29, 1.82) is 0 Å². The first-order chi connectivity index (χ1) is 16.9. The number of aliphatic hydroxyl groups is 1. The minimum absolute atomic E-state index is 0.336. The van der Waals surface area contributed by atoms with Crippen LogP contribution in [-0.2, 0) is 0 Å². The van der Waals surface area contributed by atoms with Gasteiger partial charge in [-0.25, -0.2) is 9.97 Å². The minimum atomic E-state index is -0.655. The number of methoxy groups -OCH3 is 2. The molecule has 0 saturated carbocycles. The Morgan fingerprint density at radius 2 is 1.60 bits per heavy atom. The lowest BCUT2D eigenvalue weighted by Crippen LogP contribution is -2.18. The van der Waals surface area contributed by atoms with E-state index < -0.39 is 6.23 Å². The molecule has 0 aliphatic carbocycles. The van der Waals surface area contributed by atoms with Gasteiger partial charge in [0.05, 0.1) is 19.9 Å². The number of aryl methyl sites for hydroxylation is 1. The number of benzene rings is 2. The van der Waals surface area contributed by atoms with Crippen LogP contribution >= 0.6 is 0 Å². The zero-order valence-electron chi connectivity index (χ0n) is 20.2. The number of hydrogen-bond donors (Lipinski definition) is 4. The van der Waals surface area contributed by atoms with Crippen LogP contribution in [0.5, 0.6) is 11.5 Å². The van der Waals surface area contributed by atoms with Gasteiger partial charge in [0.15, 0.2) is 17.3 Å². The summed E-state index contributed by atoms with van der Waals surface area (Å²) in [5, 5.41) is 23.7. The highest BCUT2D eigenvalue weighted by Gasteiger charge is 2.12. The number of ether oxygens (including phenoxy) is 2. The molecular weight excluding hydrogens is 448 g/mol. The minimum Gasteiger partial charge on any atom is -0.493 e. The van der Waals surface area contributed by atoms with Crippen molar-refractivity contribution < 1.29 is 14.6 Å². The van der Waals surface area contributed by atoms with E-state index >= 15 is 0 Å². The van der Waals surface area contributed by atoms with Gasteiger partial charge in [-0.1, -0.05) is 24.3 Å². The third-order valence-electron chi connectivity index (χ3n) is 5.38. The summed E-state index contributed by atoms with van der Waals surface area (Å²) in [5.74, 6) is 2.50. The Morgan fingerprint density at radius 1 is 0.943 bits per heavy atom. The molecule has 0 radical (unpaired) electrons. The number of hydrogen-bond acceptors (Lipinski definition) is 10. The largest absolute Gasteiger partial charge is 0.493 e. The molecule has 0 aliphatic rings. The first-order valence-electron chi connectivity index (χ1n) is 10.8. The summed E-state index contributed by atoms with van der Waals surface area (Å²) in [6.07, 6.45) is 0.758. The van der Waals surface area contributed by atoms with Gasteiger partial charge in [-0.2, -0.15) is 10.1 Å². The van der Waals surface area contributed by atoms with E-state index in [1.807, 2.05) is 63.5 Å². The highest BCUT2D eigenvalue weighted by atomic mass is 16.5. The van der Waals surface area contributed by atoms with Crippen LogP contribution < -0.4 is 20.1 Å². The van der Waals surface area contributed by atoms with E-state index in [0.29, 0.717) is 29.2 Å². The maximum absolute atomic E-state index is 10.2. The van der Waals surface area contributed by atoms with Gasteiger partial charge in [-0.05, 0) is 43.8 Å². The summed E-state index contributed by atoms with van der Waals surface area (Å²) < 4.78 is 10.7. The molecule has 11 heteroatoms. The van der Waals surface area contributed by atoms with Crippen LogP contribution in [0.3, 0.4) is 0 Å². The molecule has 35 heavy (non-hydrogen) atoms. The summed E-state index contributed by atoms with van der Waals surface area (Å²) in [4.78, 5) is 14.6. The Balaban J connectivity index is 1.47. The Kier molecular flexibility index (Phi) is 7.09. The molecule has 4 N–H and O–H groups in total. The number of rotatable bonds is 9. The van der Waals surface area contributed by atoms with Crippen LogP contribution in [0.2, 0.25) is 0 Å². The maximum Gasteiger partial charge on any atom is 0.233 e. The molecule has 0 saturated heterocycles. The van der Waals surface area contributed by atoms with Gasteiger partial charge in [-0.3, -0.25) is 10.00 Å². The summed E-state index contributed by atoms with van der Waals surface area (Å²) >= 11 is 0. The molecule has 0 spiro atoms. The number of H-pyrrole nitrogens is 1. The van der Waals surface area contributed by atoms with Crippen LogP contribution in [0.25, 0.3) is 11.3 Å². The Labute approximate surface area is 203 Å². The molecule has 1 atom stereocenters. The third kappa shape index (κ3) is 5.48. The second-order valence-corrected chi connectivity index (χ2v) is 8.03. The van der Waals surface area contributed by atoms with Crippen molar-refractivity contribution in [3.63, 3.8) is 0 Å². The van der Waals surface area contributed by atoms with E-state index in [9.17, 15) is 5.11 Å². The number of anilines is 4. The number of aliphatic hydroxyl groups excluding tert-OH is 1. The van der Waals surface area contributed by atoms with E-state index in [0.717, 1.165) is 28.1 Å². The first-order valence-corrected chi connectivity index (χ1v) is 10.8. The summed E-state index contributed by atoms with van der Waals surface area (Å²) in [7, 11) is 6.83. The van der Waals surface area contributed by atoms with Crippen molar-refractivity contribution in [2.24, 2.45) is 0 Å². The number of nitrogens with zero attached hydrogens (tertiary/aromatic N) is 5. The summed E-state index contributed by atoms with van der Waals surface area (Å²) in [5.41, 5.74) is 4.28. The van der Waals surface area contributed by atoms with E-state index in [1.165, 1.54) is 6.33 Å². The maximum atomic E-state index is 10.2. The van der Waals surface area contributed by atoms with Crippen LogP contribution in [0.15, 0.2) is 48.8 Å². The third-order valence-corrected chi connectivity index (χ3v) is 5.38. The molecule has 4 rings (SSSR count). The fourth-order valence-corrected chi connectivity index (χ4v) is 3.43. The molecule has 0 bridgehead atoms. The first kappa shape index (κ1) is 23.9. The predicted octanol–water partition coefficient (Wildman–Crippen LogP) is 3.63. The summed E-state index contributed by atoms with van der Waals surface area (Å²) in [6, 6.07) is 13.2. The van der Waals surface area contributed by atoms with Crippen LogP contribution in [0, 0.1) is 6.92 Å². The van der Waals surface area contributed by atoms with Gasteiger partial charge < -0.3 is 25.2 Å². The molecule has 11 nitrogen and oxygen atoms in total. The van der Waals surface area contributed by atoms with Gasteiger partial charge in [0.2, 0.25) is 11.9 Å². The lowest BCUT2D eigenvalue weighted by molar-refractivity contribution is 0.0395. The highest BCUT2D eigenvalue weighted by Crippen LogP contribution is 2.34. The molecule has 2 aromatic carbocycles. The van der Waals surface area contributed by atoms with Crippen molar-refractivity contribution in [3.8, 4) is 22.8 Å². The van der Waals surface area contributed by atoms with E-state index in [-0.39, 0.29) is 0 Å². The van der Waals surface area contributed by atoms with Crippen LogP contribution in [0.1, 0.15) is 17.4 Å². The number of aromatic nitrogens is 5. The molecule has 0 amide bonds. The molecular formula is C24H28N8O3. The average Bonchev–Trinajstić information content (AvgIpc) is 3.33. The number of nitrogens with one attached hydrogen (secondary N) is 3. The summed E-state index contributed by atoms with van der Waals surface area (Å²) in [6.45, 7) is 1.95. The second-order valence-electron chi connectivity index (χ2n) is 8.03. The molecule has 0 fully saturated rings. The Bertz CT molecular complexity index is 1290. The van der Waals surface area contributed by atoms with Crippen molar-refractivity contribution >= 4 is 23.4 Å². The van der Waals surface area contributed by atoms with Crippen molar-refractivity contribution in [1.82, 2.24) is 30.0 Å². The lowest BCUT2D eigenvalue weighted by atomic mass is 10.1. The van der Waals surface area contributed by atoms with E-state index in [1.54, 1.807) is 19.1 Å². The monoisotopic (exact) mass is 476 g/mol. The Hall–Kier alpha value is -4.22. The molecule has 4 aromatic rings. The molecule has 0 aliphatic heterocycles. The SMILES string of the molecule is COc1cc(C)c(Nc2ncnc(Nc3cc(-c4ccc(C(O)N(C)C)cc4)[nH]n3)n2)cc1OC. The van der Waals surface area contributed by atoms with Gasteiger partial charge in [0.25, 0.3) is 0 Å². The second kappa shape index (κ2) is 10.4. The molecule has 2 heterocycles. The zero-order valence-corrected chi connectivity index (χ0v) is 20.2. The highest BCUT2D eigenvalue weighted by molar-refractivity contribution is 5.66. The van der Waals surface area contributed by atoms with Crippen molar-refractivity contribution in [3.05, 3.63) is 59.9 Å². The van der Waals surface area contributed by atoms with Gasteiger partial charge >= 0.3 is 0 Å². The topological polar surface area (TPSA) is 133 Å². The quantitative estimate of drug-likeness (QED) is 0.265. The smallest absolute Gasteiger partial charge is 0.233 e. The van der Waals surface area contributed by atoms with Crippen LogP contribution in [0.4, 0.5) is 23.4 Å². The fraction of sp³-hybridized carbons (Fsp3) is 0.250. The van der Waals surface area contributed by atoms with E-state index in [4.69, 9.17) is 9.47 Å². The van der Waals surface area contributed by atoms with Gasteiger partial charge in [0, 0.05) is 17.8 Å². The molecule has 2 aromatic heterocycles. The lowest BCUT2D eigenvalue weighted by Gasteiger charge is -2.18. The fourth-order valence-electron chi connectivity index (χ4n) is 3.43. The number of aromatic amines is 1. The van der Waals surface area contributed by atoms with Crippen molar-refractivity contribution in [2.45, 2.75) is 13.2 Å². The molecule has 182 valence electrons.